The van der Waals surface area contributed by atoms with E-state index in [0.29, 0.717) is 6.54 Å². The minimum Gasteiger partial charge on any atom is -0.352 e. The van der Waals surface area contributed by atoms with Crippen LogP contribution in [0.3, 0.4) is 0 Å². The predicted molar refractivity (Wildman–Crippen MR) is 47.7 cm³/mol. The molecule has 0 unspecified atom stereocenters. The van der Waals surface area contributed by atoms with Crippen LogP contribution in [0.5, 0.6) is 0 Å². The molecule has 0 bridgehead atoms. The van der Waals surface area contributed by atoms with Crippen LogP contribution in [0.25, 0.3) is 0 Å². The highest BCUT2D eigenvalue weighted by atomic mass is 16.2. The standard InChI is InChI=1S/C9H14N2O/c1-8(2)10-9(12)7-11-5-3-4-6-11/h3-6,8H,7H2,1-2H3,(H,10,12). The van der Waals surface area contributed by atoms with Crippen molar-refractivity contribution in [1.82, 2.24) is 9.88 Å². The van der Waals surface area contributed by atoms with Gasteiger partial charge >= 0.3 is 0 Å². The molecule has 0 aliphatic carbocycles. The fourth-order valence-electron chi connectivity index (χ4n) is 1.01. The summed E-state index contributed by atoms with van der Waals surface area (Å²) in [6.45, 7) is 4.31. The normalized spacial score (nSPS) is 10.2. The Kier molecular flexibility index (Phi) is 2.91. The molecular weight excluding hydrogens is 152 g/mol. The SMILES string of the molecule is CC(C)NC(=O)Cn1cccc1. The molecule has 0 aliphatic heterocycles. The summed E-state index contributed by atoms with van der Waals surface area (Å²) in [6.07, 6.45) is 3.75. The van der Waals surface area contributed by atoms with Crippen LogP contribution in [0, 0.1) is 0 Å². The molecule has 0 spiro atoms. The molecular formula is C9H14N2O. The fraction of sp³-hybridized carbons (Fsp3) is 0.444. The molecule has 1 amide bonds. The average Bonchev–Trinajstić information content (AvgIpc) is 2.37. The van der Waals surface area contributed by atoms with Crippen LogP contribution in [0.4, 0.5) is 0 Å². The number of amides is 1. The first-order valence-corrected chi connectivity index (χ1v) is 4.08. The molecule has 1 rings (SSSR count). The molecule has 12 heavy (non-hydrogen) atoms. The van der Waals surface area contributed by atoms with Crippen LogP contribution < -0.4 is 5.32 Å². The zero-order valence-electron chi connectivity index (χ0n) is 7.45. The number of nitrogens with zero attached hydrogens (tertiary/aromatic N) is 1. The van der Waals surface area contributed by atoms with Crippen molar-refractivity contribution < 1.29 is 4.79 Å². The Balaban J connectivity index is 2.37. The van der Waals surface area contributed by atoms with E-state index in [4.69, 9.17) is 0 Å². The zero-order valence-corrected chi connectivity index (χ0v) is 7.45. The van der Waals surface area contributed by atoms with Crippen molar-refractivity contribution in [3.8, 4) is 0 Å². The second kappa shape index (κ2) is 3.95. The Bertz CT molecular complexity index is 239. The van der Waals surface area contributed by atoms with Crippen molar-refractivity contribution in [2.75, 3.05) is 0 Å². The maximum Gasteiger partial charge on any atom is 0.240 e. The lowest BCUT2D eigenvalue weighted by molar-refractivity contribution is -0.122. The van der Waals surface area contributed by atoms with E-state index in [0.717, 1.165) is 0 Å². The summed E-state index contributed by atoms with van der Waals surface area (Å²) in [6, 6.07) is 4.03. The third-order valence-electron chi connectivity index (χ3n) is 1.44. The monoisotopic (exact) mass is 166 g/mol. The van der Waals surface area contributed by atoms with Gasteiger partial charge in [-0.2, -0.15) is 0 Å². The van der Waals surface area contributed by atoms with Crippen molar-refractivity contribution >= 4 is 5.91 Å². The van der Waals surface area contributed by atoms with Crippen molar-refractivity contribution in [2.45, 2.75) is 26.4 Å². The minimum absolute atomic E-state index is 0.0567. The fourth-order valence-corrected chi connectivity index (χ4v) is 1.01. The second-order valence-corrected chi connectivity index (χ2v) is 3.08. The third-order valence-corrected chi connectivity index (χ3v) is 1.44. The van der Waals surface area contributed by atoms with Crippen LogP contribution in [0.2, 0.25) is 0 Å². The number of rotatable bonds is 3. The highest BCUT2D eigenvalue weighted by Gasteiger charge is 2.02. The van der Waals surface area contributed by atoms with E-state index in [1.165, 1.54) is 0 Å². The number of hydrogen-bond donors (Lipinski definition) is 1. The van der Waals surface area contributed by atoms with E-state index in [-0.39, 0.29) is 11.9 Å². The van der Waals surface area contributed by atoms with Crippen molar-refractivity contribution in [2.24, 2.45) is 0 Å². The van der Waals surface area contributed by atoms with Gasteiger partial charge in [-0.15, -0.1) is 0 Å². The highest BCUT2D eigenvalue weighted by Crippen LogP contribution is 1.89. The maximum absolute atomic E-state index is 11.2. The van der Waals surface area contributed by atoms with Crippen molar-refractivity contribution in [3.63, 3.8) is 0 Å². The lowest BCUT2D eigenvalue weighted by atomic mass is 10.4. The summed E-state index contributed by atoms with van der Waals surface area (Å²) in [7, 11) is 0. The van der Waals surface area contributed by atoms with Gasteiger partial charge in [0.15, 0.2) is 0 Å². The molecule has 3 heteroatoms. The van der Waals surface area contributed by atoms with Gasteiger partial charge in [0.1, 0.15) is 6.54 Å². The Morgan fingerprint density at radius 3 is 2.50 bits per heavy atom. The van der Waals surface area contributed by atoms with Crippen LogP contribution in [0.1, 0.15) is 13.8 Å². The summed E-state index contributed by atoms with van der Waals surface area (Å²) < 4.78 is 1.84. The topological polar surface area (TPSA) is 34.0 Å². The number of aromatic nitrogens is 1. The molecule has 0 saturated heterocycles. The Morgan fingerprint density at radius 1 is 1.42 bits per heavy atom. The van der Waals surface area contributed by atoms with E-state index in [1.54, 1.807) is 0 Å². The summed E-state index contributed by atoms with van der Waals surface area (Å²) in [5, 5.41) is 2.82. The lowest BCUT2D eigenvalue weighted by Gasteiger charge is -2.08. The first kappa shape index (κ1) is 8.84. The minimum atomic E-state index is 0.0567. The number of carbonyl (C=O) groups is 1. The Labute approximate surface area is 72.4 Å². The van der Waals surface area contributed by atoms with E-state index < -0.39 is 0 Å². The zero-order chi connectivity index (χ0) is 8.97. The van der Waals surface area contributed by atoms with E-state index >= 15 is 0 Å². The first-order valence-electron chi connectivity index (χ1n) is 4.08. The summed E-state index contributed by atoms with van der Waals surface area (Å²) in [5.41, 5.74) is 0. The maximum atomic E-state index is 11.2. The van der Waals surface area contributed by atoms with Gasteiger partial charge in [-0.1, -0.05) is 0 Å². The van der Waals surface area contributed by atoms with E-state index in [2.05, 4.69) is 5.32 Å². The number of nitrogens with one attached hydrogen (secondary N) is 1. The van der Waals surface area contributed by atoms with Gasteiger partial charge in [0.25, 0.3) is 0 Å². The molecule has 1 aromatic heterocycles. The van der Waals surface area contributed by atoms with Crippen LogP contribution in [-0.2, 0) is 11.3 Å². The van der Waals surface area contributed by atoms with Crippen molar-refractivity contribution in [1.29, 1.82) is 0 Å². The Hall–Kier alpha value is -1.25. The first-order chi connectivity index (χ1) is 5.68. The largest absolute Gasteiger partial charge is 0.352 e. The van der Waals surface area contributed by atoms with Gasteiger partial charge in [0.2, 0.25) is 5.91 Å². The second-order valence-electron chi connectivity index (χ2n) is 3.08. The molecule has 0 aliphatic rings. The summed E-state index contributed by atoms with van der Waals surface area (Å²) in [5.74, 6) is 0.0567. The van der Waals surface area contributed by atoms with Gasteiger partial charge in [0.05, 0.1) is 0 Å². The van der Waals surface area contributed by atoms with Gasteiger partial charge in [-0.05, 0) is 26.0 Å². The van der Waals surface area contributed by atoms with Gasteiger partial charge in [-0.25, -0.2) is 0 Å². The molecule has 1 N–H and O–H groups in total. The van der Waals surface area contributed by atoms with Crippen LogP contribution >= 0.6 is 0 Å². The predicted octanol–water partition coefficient (Wildman–Crippen LogP) is 1.01. The molecule has 1 aromatic rings. The molecule has 0 radical (unpaired) electrons. The average molecular weight is 166 g/mol. The number of hydrogen-bond acceptors (Lipinski definition) is 1. The van der Waals surface area contributed by atoms with Gasteiger partial charge < -0.3 is 9.88 Å². The van der Waals surface area contributed by atoms with Crippen LogP contribution in [-0.4, -0.2) is 16.5 Å². The van der Waals surface area contributed by atoms with Crippen molar-refractivity contribution in [3.05, 3.63) is 24.5 Å². The van der Waals surface area contributed by atoms with Gasteiger partial charge in [0, 0.05) is 18.4 Å². The molecule has 0 saturated carbocycles. The molecule has 1 heterocycles. The summed E-state index contributed by atoms with van der Waals surface area (Å²) in [4.78, 5) is 11.2. The molecule has 3 nitrogen and oxygen atoms in total. The van der Waals surface area contributed by atoms with E-state index in [9.17, 15) is 4.79 Å². The lowest BCUT2D eigenvalue weighted by Crippen LogP contribution is -2.32. The highest BCUT2D eigenvalue weighted by molar-refractivity contribution is 5.75. The molecule has 0 atom stereocenters. The number of carbonyl (C=O) groups excluding carboxylic acids is 1. The van der Waals surface area contributed by atoms with Crippen LogP contribution in [0.15, 0.2) is 24.5 Å². The molecule has 0 fully saturated rings. The smallest absolute Gasteiger partial charge is 0.240 e. The van der Waals surface area contributed by atoms with E-state index in [1.807, 2.05) is 42.9 Å². The molecule has 66 valence electrons. The van der Waals surface area contributed by atoms with Gasteiger partial charge in [-0.3, -0.25) is 4.79 Å². The molecule has 0 aromatic carbocycles. The Morgan fingerprint density at radius 2 is 2.00 bits per heavy atom. The third kappa shape index (κ3) is 2.78. The quantitative estimate of drug-likeness (QED) is 0.714. The summed E-state index contributed by atoms with van der Waals surface area (Å²) >= 11 is 0.